The minimum atomic E-state index is -4.56. The Morgan fingerprint density at radius 3 is 2.76 bits per heavy atom. The number of halogens is 3. The van der Waals surface area contributed by atoms with E-state index < -0.39 is 30.0 Å². The van der Waals surface area contributed by atoms with Crippen LogP contribution in [0.3, 0.4) is 0 Å². The molecular formula is C13H12F3N3O2. The first kappa shape index (κ1) is 15.1. The van der Waals surface area contributed by atoms with Gasteiger partial charge in [-0.15, -0.1) is 6.42 Å². The second-order valence-corrected chi connectivity index (χ2v) is 4.54. The molecule has 2 heterocycles. The highest BCUT2D eigenvalue weighted by Crippen LogP contribution is 2.33. The fourth-order valence-electron chi connectivity index (χ4n) is 2.07. The molecule has 1 N–H and O–H groups in total. The van der Waals surface area contributed by atoms with E-state index in [-0.39, 0.29) is 12.4 Å². The van der Waals surface area contributed by atoms with Crippen molar-refractivity contribution in [1.82, 2.24) is 9.88 Å². The van der Waals surface area contributed by atoms with Gasteiger partial charge < -0.3 is 10.0 Å². The van der Waals surface area contributed by atoms with Gasteiger partial charge in [0.05, 0.1) is 18.2 Å². The topological polar surface area (TPSA) is 56.7 Å². The van der Waals surface area contributed by atoms with E-state index in [1.807, 2.05) is 0 Å². The van der Waals surface area contributed by atoms with Crippen molar-refractivity contribution in [2.24, 2.45) is 0 Å². The second-order valence-electron chi connectivity index (χ2n) is 4.54. The number of terminal acetylenes is 1. The molecule has 5 nitrogen and oxygen atoms in total. The molecule has 2 rings (SSSR count). The molecule has 0 saturated carbocycles. The van der Waals surface area contributed by atoms with Crippen LogP contribution in [0.5, 0.6) is 0 Å². The van der Waals surface area contributed by atoms with Crippen LogP contribution in [0.4, 0.5) is 23.8 Å². The zero-order valence-corrected chi connectivity index (χ0v) is 11.0. The van der Waals surface area contributed by atoms with Crippen LogP contribution in [-0.4, -0.2) is 39.8 Å². The third-order valence-electron chi connectivity index (χ3n) is 3.22. The molecule has 1 saturated heterocycles. The molecule has 8 heteroatoms. The van der Waals surface area contributed by atoms with Crippen molar-refractivity contribution in [2.45, 2.75) is 25.4 Å². The molecule has 1 fully saturated rings. The SMILES string of the molecule is C#CCN1C(=O)N(c2cc(C(F)(F)F)ccn2)C(O)C1C. The predicted octanol–water partition coefficient (Wildman–Crippen LogP) is 1.68. The lowest BCUT2D eigenvalue weighted by atomic mass is 10.2. The van der Waals surface area contributed by atoms with Crippen LogP contribution in [0.15, 0.2) is 18.3 Å². The molecule has 2 unspecified atom stereocenters. The van der Waals surface area contributed by atoms with Crippen molar-refractivity contribution >= 4 is 11.8 Å². The Balaban J connectivity index is 2.38. The summed E-state index contributed by atoms with van der Waals surface area (Å²) < 4.78 is 38.1. The van der Waals surface area contributed by atoms with Gasteiger partial charge in [0.1, 0.15) is 5.82 Å². The minimum absolute atomic E-state index is 0.0491. The lowest BCUT2D eigenvalue weighted by Gasteiger charge is -2.19. The van der Waals surface area contributed by atoms with Crippen molar-refractivity contribution in [3.63, 3.8) is 0 Å². The summed E-state index contributed by atoms with van der Waals surface area (Å²) in [5.74, 6) is 2.00. The smallest absolute Gasteiger partial charge is 0.371 e. The van der Waals surface area contributed by atoms with Crippen LogP contribution in [0.25, 0.3) is 0 Å². The van der Waals surface area contributed by atoms with E-state index in [4.69, 9.17) is 6.42 Å². The quantitative estimate of drug-likeness (QED) is 0.845. The highest BCUT2D eigenvalue weighted by Gasteiger charge is 2.44. The number of urea groups is 1. The summed E-state index contributed by atoms with van der Waals surface area (Å²) in [6, 6.07) is 0.177. The Kier molecular flexibility index (Phi) is 3.78. The average molecular weight is 299 g/mol. The number of pyridine rings is 1. The number of anilines is 1. The van der Waals surface area contributed by atoms with Crippen LogP contribution in [0.1, 0.15) is 12.5 Å². The molecule has 21 heavy (non-hydrogen) atoms. The Bertz CT molecular complexity index is 597. The standard InChI is InChI=1S/C13H12F3N3O2/c1-3-6-18-8(2)11(20)19(12(18)21)10-7-9(4-5-17-10)13(14,15)16/h1,4-5,7-8,11,20H,6H2,2H3. The number of hydrogen-bond donors (Lipinski definition) is 1. The lowest BCUT2D eigenvalue weighted by Crippen LogP contribution is -2.36. The largest absolute Gasteiger partial charge is 0.416 e. The van der Waals surface area contributed by atoms with Gasteiger partial charge in [0.2, 0.25) is 0 Å². The first-order chi connectivity index (χ1) is 9.77. The van der Waals surface area contributed by atoms with E-state index in [0.717, 1.165) is 17.2 Å². The number of aliphatic hydroxyl groups excluding tert-OH is 1. The summed E-state index contributed by atoms with van der Waals surface area (Å²) in [4.78, 5) is 17.9. The Hall–Kier alpha value is -2.27. The second kappa shape index (κ2) is 5.26. The highest BCUT2D eigenvalue weighted by molar-refractivity contribution is 5.94. The van der Waals surface area contributed by atoms with E-state index >= 15 is 0 Å². The zero-order chi connectivity index (χ0) is 15.8. The van der Waals surface area contributed by atoms with E-state index in [2.05, 4.69) is 10.9 Å². The van der Waals surface area contributed by atoms with Crippen molar-refractivity contribution < 1.29 is 23.1 Å². The fraction of sp³-hybridized carbons (Fsp3) is 0.385. The number of aliphatic hydroxyl groups is 1. The summed E-state index contributed by atoms with van der Waals surface area (Å²) in [6.45, 7) is 1.50. The lowest BCUT2D eigenvalue weighted by molar-refractivity contribution is -0.137. The van der Waals surface area contributed by atoms with E-state index in [0.29, 0.717) is 6.07 Å². The maximum atomic E-state index is 12.7. The minimum Gasteiger partial charge on any atom is -0.371 e. The fourth-order valence-corrected chi connectivity index (χ4v) is 2.07. The molecule has 1 aliphatic heterocycles. The van der Waals surface area contributed by atoms with Gasteiger partial charge in [0.25, 0.3) is 0 Å². The molecule has 1 aromatic heterocycles. The molecule has 2 atom stereocenters. The van der Waals surface area contributed by atoms with Gasteiger partial charge in [0.15, 0.2) is 6.23 Å². The number of carbonyl (C=O) groups excluding carboxylic acids is 1. The molecule has 1 aromatic rings. The molecule has 1 aliphatic rings. The molecular weight excluding hydrogens is 287 g/mol. The molecule has 0 aromatic carbocycles. The molecule has 0 aliphatic carbocycles. The number of hydrogen-bond acceptors (Lipinski definition) is 3. The van der Waals surface area contributed by atoms with E-state index in [1.165, 1.54) is 4.90 Å². The zero-order valence-electron chi connectivity index (χ0n) is 11.0. The molecule has 0 bridgehead atoms. The maximum Gasteiger partial charge on any atom is 0.416 e. The molecule has 0 radical (unpaired) electrons. The van der Waals surface area contributed by atoms with Gasteiger partial charge in [-0.2, -0.15) is 13.2 Å². The summed E-state index contributed by atoms with van der Waals surface area (Å²) in [5, 5.41) is 10.0. The van der Waals surface area contributed by atoms with Crippen LogP contribution in [0, 0.1) is 12.3 Å². The summed E-state index contributed by atoms with van der Waals surface area (Å²) >= 11 is 0. The Morgan fingerprint density at radius 1 is 1.52 bits per heavy atom. The number of nitrogens with zero attached hydrogens (tertiary/aromatic N) is 3. The molecule has 112 valence electrons. The Morgan fingerprint density at radius 2 is 2.19 bits per heavy atom. The predicted molar refractivity (Wildman–Crippen MR) is 68.1 cm³/mol. The van der Waals surface area contributed by atoms with Crippen molar-refractivity contribution in [2.75, 3.05) is 11.4 Å². The summed E-state index contributed by atoms with van der Waals surface area (Å²) in [5.41, 5.74) is -0.949. The van der Waals surface area contributed by atoms with E-state index in [1.54, 1.807) is 6.92 Å². The average Bonchev–Trinajstić information content (AvgIpc) is 2.62. The number of rotatable bonds is 2. The number of aromatic nitrogens is 1. The number of alkyl halides is 3. The maximum absolute atomic E-state index is 12.7. The van der Waals surface area contributed by atoms with Crippen LogP contribution in [-0.2, 0) is 6.18 Å². The van der Waals surface area contributed by atoms with E-state index in [9.17, 15) is 23.1 Å². The Labute approximate surface area is 119 Å². The number of carbonyl (C=O) groups is 1. The number of amides is 2. The summed E-state index contributed by atoms with van der Waals surface area (Å²) in [6.07, 6.45) is 0.195. The third kappa shape index (κ3) is 2.64. The van der Waals surface area contributed by atoms with Gasteiger partial charge in [-0.3, -0.25) is 0 Å². The van der Waals surface area contributed by atoms with Crippen molar-refractivity contribution in [3.8, 4) is 12.3 Å². The van der Waals surface area contributed by atoms with Gasteiger partial charge in [-0.05, 0) is 19.1 Å². The van der Waals surface area contributed by atoms with Gasteiger partial charge >= 0.3 is 12.2 Å². The van der Waals surface area contributed by atoms with Crippen molar-refractivity contribution in [3.05, 3.63) is 23.9 Å². The van der Waals surface area contributed by atoms with Crippen LogP contribution in [0.2, 0.25) is 0 Å². The third-order valence-corrected chi connectivity index (χ3v) is 3.22. The van der Waals surface area contributed by atoms with Gasteiger partial charge in [-0.25, -0.2) is 14.7 Å². The van der Waals surface area contributed by atoms with Crippen LogP contribution < -0.4 is 4.90 Å². The monoisotopic (exact) mass is 299 g/mol. The van der Waals surface area contributed by atoms with Crippen LogP contribution >= 0.6 is 0 Å². The molecule has 2 amide bonds. The van der Waals surface area contributed by atoms with Crippen molar-refractivity contribution in [1.29, 1.82) is 0 Å². The van der Waals surface area contributed by atoms with Gasteiger partial charge in [0, 0.05) is 6.20 Å². The normalized spacial score (nSPS) is 22.6. The molecule has 0 spiro atoms. The van der Waals surface area contributed by atoms with Gasteiger partial charge in [-0.1, -0.05) is 5.92 Å². The summed E-state index contributed by atoms with van der Waals surface area (Å²) in [7, 11) is 0. The first-order valence-electron chi connectivity index (χ1n) is 6.02. The highest BCUT2D eigenvalue weighted by atomic mass is 19.4. The first-order valence-corrected chi connectivity index (χ1v) is 6.02.